The van der Waals surface area contributed by atoms with E-state index in [1.165, 1.54) is 24.5 Å². The van der Waals surface area contributed by atoms with Gasteiger partial charge in [-0.25, -0.2) is 9.18 Å². The highest BCUT2D eigenvalue weighted by Gasteiger charge is 2.35. The average Bonchev–Trinajstić information content (AvgIpc) is 3.15. The van der Waals surface area contributed by atoms with Crippen LogP contribution in [-0.2, 0) is 4.74 Å². The van der Waals surface area contributed by atoms with Crippen molar-refractivity contribution in [2.45, 2.75) is 44.8 Å². The van der Waals surface area contributed by atoms with Crippen molar-refractivity contribution in [1.82, 2.24) is 15.4 Å². The van der Waals surface area contributed by atoms with E-state index >= 15 is 0 Å². The molecule has 0 bridgehead atoms. The predicted molar refractivity (Wildman–Crippen MR) is 99.3 cm³/mol. The van der Waals surface area contributed by atoms with Gasteiger partial charge < -0.3 is 19.5 Å². The number of benzene rings is 1. The Balaban J connectivity index is 1.79. The molecule has 0 spiro atoms. The highest BCUT2D eigenvalue weighted by Crippen LogP contribution is 2.29. The van der Waals surface area contributed by atoms with E-state index in [9.17, 15) is 14.0 Å². The van der Waals surface area contributed by atoms with Gasteiger partial charge in [-0.15, -0.1) is 0 Å². The maximum Gasteiger partial charge on any atom is 0.407 e. The summed E-state index contributed by atoms with van der Waals surface area (Å²) in [5.41, 5.74) is 0.479. The van der Waals surface area contributed by atoms with E-state index in [0.717, 1.165) is 5.56 Å². The van der Waals surface area contributed by atoms with Gasteiger partial charge in [0.1, 0.15) is 17.7 Å². The number of aromatic nitrogens is 1. The number of alkyl carbamates (subject to hydrolysis) is 1. The summed E-state index contributed by atoms with van der Waals surface area (Å²) in [6, 6.07) is 7.33. The van der Waals surface area contributed by atoms with Crippen molar-refractivity contribution in [3.63, 3.8) is 0 Å². The summed E-state index contributed by atoms with van der Waals surface area (Å²) in [4.78, 5) is 26.6. The molecule has 3 rings (SSSR count). The Labute approximate surface area is 162 Å². The second kappa shape index (κ2) is 8.00. The number of piperidine rings is 1. The minimum atomic E-state index is -0.639. The monoisotopic (exact) mass is 389 g/mol. The fourth-order valence-electron chi connectivity index (χ4n) is 3.34. The number of amides is 2. The first-order valence-corrected chi connectivity index (χ1v) is 9.17. The molecule has 2 heterocycles. The molecule has 2 atom stereocenters. The van der Waals surface area contributed by atoms with Crippen molar-refractivity contribution in [3.8, 4) is 0 Å². The summed E-state index contributed by atoms with van der Waals surface area (Å²) >= 11 is 0. The molecule has 2 aromatic rings. The van der Waals surface area contributed by atoms with Crippen LogP contribution in [0.1, 0.15) is 49.2 Å². The third-order valence-electron chi connectivity index (χ3n) is 4.56. The Bertz CT molecular complexity index is 815. The molecule has 1 aliphatic rings. The minimum absolute atomic E-state index is 0.0746. The summed E-state index contributed by atoms with van der Waals surface area (Å²) in [6.07, 6.45) is 1.39. The van der Waals surface area contributed by atoms with Crippen LogP contribution in [-0.4, -0.2) is 46.8 Å². The van der Waals surface area contributed by atoms with Gasteiger partial charge >= 0.3 is 6.09 Å². The van der Waals surface area contributed by atoms with Gasteiger partial charge in [-0.1, -0.05) is 17.3 Å². The molecule has 1 aromatic heterocycles. The first-order valence-electron chi connectivity index (χ1n) is 9.17. The van der Waals surface area contributed by atoms with Crippen molar-refractivity contribution in [2.24, 2.45) is 0 Å². The van der Waals surface area contributed by atoms with Gasteiger partial charge in [0.25, 0.3) is 5.91 Å². The fraction of sp³-hybridized carbons (Fsp3) is 0.450. The quantitative estimate of drug-likeness (QED) is 0.870. The molecule has 28 heavy (non-hydrogen) atoms. The maximum absolute atomic E-state index is 13.3. The third kappa shape index (κ3) is 4.88. The standard InChI is InChI=1S/C20H24FN3O4/c1-20(2,3)28-19(26)22-17-12-24(18(25)16-9-11-27-23-16)10-8-15(17)13-4-6-14(21)7-5-13/h4-7,9,11,15,17H,8,10,12H2,1-3H3,(H,22,26)/t15-,17+/m0/s1. The molecule has 7 nitrogen and oxygen atoms in total. The normalized spacial score (nSPS) is 19.9. The Hall–Kier alpha value is -2.90. The highest BCUT2D eigenvalue weighted by molar-refractivity contribution is 5.92. The highest BCUT2D eigenvalue weighted by atomic mass is 19.1. The van der Waals surface area contributed by atoms with Crippen LogP contribution in [0.5, 0.6) is 0 Å². The lowest BCUT2D eigenvalue weighted by molar-refractivity contribution is 0.0433. The second-order valence-corrected chi connectivity index (χ2v) is 7.84. The molecule has 1 aliphatic heterocycles. The zero-order chi connectivity index (χ0) is 20.3. The SMILES string of the molecule is CC(C)(C)OC(=O)N[C@@H]1CN(C(=O)c2ccon2)CC[C@H]1c1ccc(F)cc1. The van der Waals surface area contributed by atoms with Gasteiger partial charge in [-0.2, -0.15) is 0 Å². The van der Waals surface area contributed by atoms with E-state index in [4.69, 9.17) is 9.26 Å². The topological polar surface area (TPSA) is 84.7 Å². The van der Waals surface area contributed by atoms with Crippen LogP contribution in [0.3, 0.4) is 0 Å². The number of halogens is 1. The summed E-state index contributed by atoms with van der Waals surface area (Å²) in [7, 11) is 0. The number of rotatable bonds is 3. The lowest BCUT2D eigenvalue weighted by Gasteiger charge is -2.39. The second-order valence-electron chi connectivity index (χ2n) is 7.84. The van der Waals surface area contributed by atoms with Crippen LogP contribution < -0.4 is 5.32 Å². The Morgan fingerprint density at radius 2 is 1.96 bits per heavy atom. The summed E-state index contributed by atoms with van der Waals surface area (Å²) < 4.78 is 23.4. The summed E-state index contributed by atoms with van der Waals surface area (Å²) in [5.74, 6) is -0.657. The zero-order valence-electron chi connectivity index (χ0n) is 16.1. The van der Waals surface area contributed by atoms with E-state index in [0.29, 0.717) is 13.0 Å². The van der Waals surface area contributed by atoms with Crippen molar-refractivity contribution in [1.29, 1.82) is 0 Å². The van der Waals surface area contributed by atoms with Crippen LogP contribution in [0.15, 0.2) is 41.1 Å². The van der Waals surface area contributed by atoms with E-state index in [1.807, 2.05) is 0 Å². The summed E-state index contributed by atoms with van der Waals surface area (Å²) in [6.45, 7) is 6.12. The Morgan fingerprint density at radius 1 is 1.25 bits per heavy atom. The van der Waals surface area contributed by atoms with Crippen molar-refractivity contribution >= 4 is 12.0 Å². The molecule has 1 N–H and O–H groups in total. The molecular weight excluding hydrogens is 365 g/mol. The van der Waals surface area contributed by atoms with Crippen LogP contribution in [0.25, 0.3) is 0 Å². The van der Waals surface area contributed by atoms with Crippen LogP contribution in [0.4, 0.5) is 9.18 Å². The fourth-order valence-corrected chi connectivity index (χ4v) is 3.34. The van der Waals surface area contributed by atoms with Crippen LogP contribution in [0, 0.1) is 5.82 Å². The van der Waals surface area contributed by atoms with Crippen LogP contribution >= 0.6 is 0 Å². The molecule has 2 amide bonds. The maximum atomic E-state index is 13.3. The van der Waals surface area contributed by atoms with Crippen LogP contribution in [0.2, 0.25) is 0 Å². The Morgan fingerprint density at radius 3 is 2.57 bits per heavy atom. The first-order chi connectivity index (χ1) is 13.2. The molecule has 0 aliphatic carbocycles. The van der Waals surface area contributed by atoms with E-state index in [-0.39, 0.29) is 35.9 Å². The summed E-state index contributed by atoms with van der Waals surface area (Å²) in [5, 5.41) is 6.57. The van der Waals surface area contributed by atoms with Gasteiger partial charge in [-0.3, -0.25) is 4.79 Å². The number of nitrogens with one attached hydrogen (secondary N) is 1. The average molecular weight is 389 g/mol. The molecule has 0 saturated carbocycles. The number of carbonyl (C=O) groups is 2. The van der Waals surface area contributed by atoms with Crippen molar-refractivity contribution in [2.75, 3.05) is 13.1 Å². The number of hydrogen-bond donors (Lipinski definition) is 1. The van der Waals surface area contributed by atoms with Gasteiger partial charge in [0, 0.05) is 25.1 Å². The zero-order valence-corrected chi connectivity index (χ0v) is 16.1. The lowest BCUT2D eigenvalue weighted by atomic mass is 9.85. The number of nitrogens with zero attached hydrogens (tertiary/aromatic N) is 2. The molecular formula is C20H24FN3O4. The number of ether oxygens (including phenoxy) is 1. The Kier molecular flexibility index (Phi) is 5.67. The first kappa shape index (κ1) is 19.9. The molecule has 0 radical (unpaired) electrons. The van der Waals surface area contributed by atoms with E-state index in [1.54, 1.807) is 37.8 Å². The smallest absolute Gasteiger partial charge is 0.407 e. The number of hydrogen-bond acceptors (Lipinski definition) is 5. The number of carbonyl (C=O) groups excluding carboxylic acids is 2. The lowest BCUT2D eigenvalue weighted by Crippen LogP contribution is -2.54. The molecule has 0 unspecified atom stereocenters. The van der Waals surface area contributed by atoms with E-state index in [2.05, 4.69) is 10.5 Å². The minimum Gasteiger partial charge on any atom is -0.444 e. The van der Waals surface area contributed by atoms with Gasteiger partial charge in [0.15, 0.2) is 5.69 Å². The van der Waals surface area contributed by atoms with Gasteiger partial charge in [0.05, 0.1) is 6.04 Å². The molecule has 150 valence electrons. The largest absolute Gasteiger partial charge is 0.444 e. The van der Waals surface area contributed by atoms with Crippen molar-refractivity contribution < 1.29 is 23.2 Å². The van der Waals surface area contributed by atoms with Crippen molar-refractivity contribution in [3.05, 3.63) is 53.7 Å². The van der Waals surface area contributed by atoms with Gasteiger partial charge in [0.2, 0.25) is 0 Å². The predicted octanol–water partition coefficient (Wildman–Crippen LogP) is 3.34. The van der Waals surface area contributed by atoms with E-state index < -0.39 is 11.7 Å². The molecule has 8 heteroatoms. The van der Waals surface area contributed by atoms with Gasteiger partial charge in [-0.05, 0) is 44.9 Å². The molecule has 1 fully saturated rings. The number of likely N-dealkylation sites (tertiary alicyclic amines) is 1. The molecule has 1 aromatic carbocycles. The third-order valence-corrected chi connectivity index (χ3v) is 4.56. The molecule has 1 saturated heterocycles.